The van der Waals surface area contributed by atoms with Crippen LogP contribution in [-0.4, -0.2) is 18.2 Å². The van der Waals surface area contributed by atoms with Crippen molar-refractivity contribution in [2.24, 2.45) is 5.73 Å². The van der Waals surface area contributed by atoms with Crippen LogP contribution in [0.1, 0.15) is 0 Å². The van der Waals surface area contributed by atoms with Crippen LogP contribution >= 0.6 is 23.1 Å². The van der Waals surface area contributed by atoms with Gasteiger partial charge in [0.15, 0.2) is 0 Å². The first kappa shape index (κ1) is 13.8. The number of thiophene rings is 1. The van der Waals surface area contributed by atoms with E-state index in [0.717, 1.165) is 25.8 Å². The Kier molecular flexibility index (Phi) is 3.76. The monoisotopic (exact) mass is 320 g/mol. The van der Waals surface area contributed by atoms with E-state index in [2.05, 4.69) is 4.98 Å². The van der Waals surface area contributed by atoms with E-state index >= 15 is 0 Å². The van der Waals surface area contributed by atoms with Crippen molar-refractivity contribution in [2.75, 3.05) is 7.11 Å². The van der Waals surface area contributed by atoms with Gasteiger partial charge in [0.1, 0.15) is 10.6 Å². The van der Waals surface area contributed by atoms with Gasteiger partial charge in [-0.25, -0.2) is 4.79 Å². The highest BCUT2D eigenvalue weighted by atomic mass is 32.2. The second-order valence-electron chi connectivity index (χ2n) is 4.12. The zero-order valence-corrected chi connectivity index (χ0v) is 12.7. The molecular weight excluding hydrogens is 308 g/mol. The lowest BCUT2D eigenvalue weighted by molar-refractivity contribution is 0.208. The van der Waals surface area contributed by atoms with Crippen LogP contribution in [0.2, 0.25) is 0 Å². The number of nitrogens with one attached hydrogen (secondary N) is 1. The van der Waals surface area contributed by atoms with Crippen molar-refractivity contribution >= 4 is 39.4 Å². The molecule has 0 spiro atoms. The summed E-state index contributed by atoms with van der Waals surface area (Å²) in [6.45, 7) is 0. The molecule has 0 saturated heterocycles. The third kappa shape index (κ3) is 2.70. The second kappa shape index (κ2) is 5.71. The normalized spacial score (nSPS) is 10.7. The Morgan fingerprint density at radius 3 is 2.90 bits per heavy atom. The van der Waals surface area contributed by atoms with Crippen molar-refractivity contribution in [3.8, 4) is 11.6 Å². The lowest BCUT2D eigenvalue weighted by atomic mass is 10.3. The van der Waals surface area contributed by atoms with Crippen LogP contribution < -0.4 is 15.2 Å². The minimum atomic E-state index is -0.842. The lowest BCUT2D eigenvalue weighted by Gasteiger charge is -2.08. The minimum absolute atomic E-state index is 0.361. The minimum Gasteiger partial charge on any atom is -0.496 e. The van der Waals surface area contributed by atoms with E-state index in [1.165, 1.54) is 23.1 Å². The maximum atomic E-state index is 11.0. The Hall–Kier alpha value is -2.12. The molecule has 0 aliphatic heterocycles. The molecule has 1 aromatic carbocycles. The molecule has 2 heterocycles. The van der Waals surface area contributed by atoms with Crippen LogP contribution in [0.15, 0.2) is 45.5 Å². The summed E-state index contributed by atoms with van der Waals surface area (Å²) in [5, 5.41) is 2.97. The van der Waals surface area contributed by atoms with Gasteiger partial charge in [-0.2, -0.15) is 0 Å². The van der Waals surface area contributed by atoms with E-state index in [9.17, 15) is 4.79 Å². The van der Waals surface area contributed by atoms with Crippen LogP contribution in [0.5, 0.6) is 11.6 Å². The number of aromatic nitrogens is 1. The average Bonchev–Trinajstić information content (AvgIpc) is 3.02. The first-order valence-electron chi connectivity index (χ1n) is 6.06. The fourth-order valence-electron chi connectivity index (χ4n) is 1.95. The summed E-state index contributed by atoms with van der Waals surface area (Å²) in [6.07, 6.45) is -0.842. The van der Waals surface area contributed by atoms with Gasteiger partial charge in [0.2, 0.25) is 5.88 Å². The molecule has 0 aliphatic carbocycles. The summed E-state index contributed by atoms with van der Waals surface area (Å²) in [7, 11) is 1.62. The maximum Gasteiger partial charge on any atom is 0.411 e. The number of amides is 1. The maximum absolute atomic E-state index is 11.0. The van der Waals surface area contributed by atoms with Gasteiger partial charge in [0.25, 0.3) is 0 Å². The predicted octanol–water partition coefficient (Wildman–Crippen LogP) is 3.85. The molecule has 3 N–H and O–H groups in total. The third-order valence-corrected chi connectivity index (χ3v) is 4.82. The summed E-state index contributed by atoms with van der Waals surface area (Å²) in [4.78, 5) is 16.8. The summed E-state index contributed by atoms with van der Waals surface area (Å²) in [5.74, 6) is 1.12. The number of aromatic amines is 1. The number of primary amides is 1. The van der Waals surface area contributed by atoms with E-state index < -0.39 is 6.09 Å². The number of hydrogen-bond donors (Lipinski definition) is 2. The molecule has 5 nitrogen and oxygen atoms in total. The van der Waals surface area contributed by atoms with Crippen molar-refractivity contribution in [1.82, 2.24) is 4.98 Å². The quantitative estimate of drug-likeness (QED) is 0.765. The molecule has 0 radical (unpaired) electrons. The topological polar surface area (TPSA) is 77.3 Å². The zero-order valence-electron chi connectivity index (χ0n) is 11.1. The van der Waals surface area contributed by atoms with E-state index in [1.807, 2.05) is 35.7 Å². The number of benzene rings is 1. The van der Waals surface area contributed by atoms with Gasteiger partial charge in [-0.05, 0) is 23.6 Å². The molecule has 0 unspecified atom stereocenters. The first-order valence-corrected chi connectivity index (χ1v) is 7.76. The van der Waals surface area contributed by atoms with Gasteiger partial charge in [0.05, 0.1) is 16.9 Å². The molecule has 7 heteroatoms. The number of methoxy groups -OCH3 is 1. The molecule has 3 aromatic rings. The number of carbonyl (C=O) groups is 1. The Bertz CT molecular complexity index is 794. The smallest absolute Gasteiger partial charge is 0.411 e. The summed E-state index contributed by atoms with van der Waals surface area (Å²) in [6, 6.07) is 9.64. The molecule has 1 amide bonds. The number of rotatable bonds is 4. The van der Waals surface area contributed by atoms with Crippen LogP contribution in [-0.2, 0) is 0 Å². The van der Waals surface area contributed by atoms with Crippen molar-refractivity contribution in [3.63, 3.8) is 0 Å². The molecular formula is C14H12N2O3S2. The van der Waals surface area contributed by atoms with Crippen molar-refractivity contribution < 1.29 is 14.3 Å². The summed E-state index contributed by atoms with van der Waals surface area (Å²) < 4.78 is 10.4. The second-order valence-corrected chi connectivity index (χ2v) is 6.09. The largest absolute Gasteiger partial charge is 0.496 e. The highest BCUT2D eigenvalue weighted by Gasteiger charge is 2.18. The van der Waals surface area contributed by atoms with Crippen molar-refractivity contribution in [1.29, 1.82) is 0 Å². The Labute approximate surface area is 129 Å². The van der Waals surface area contributed by atoms with Crippen molar-refractivity contribution in [3.05, 3.63) is 35.7 Å². The molecule has 0 saturated carbocycles. The summed E-state index contributed by atoms with van der Waals surface area (Å²) in [5.41, 5.74) is 5.12. The standard InChI is InChI=1S/C14H12N2O3S2/c1-18-9-4-2-3-5-10(9)21-11-8-6-7-20-13(8)16-12(11)19-14(15)17/h2-7,16H,1H3,(H2,15,17). The highest BCUT2D eigenvalue weighted by molar-refractivity contribution is 7.99. The fourth-order valence-corrected chi connectivity index (χ4v) is 3.89. The Morgan fingerprint density at radius 1 is 1.33 bits per heavy atom. The van der Waals surface area contributed by atoms with Crippen LogP contribution in [0, 0.1) is 0 Å². The van der Waals surface area contributed by atoms with E-state index in [0.29, 0.717) is 5.88 Å². The van der Waals surface area contributed by atoms with Crippen LogP contribution in [0.25, 0.3) is 10.2 Å². The van der Waals surface area contributed by atoms with E-state index in [1.54, 1.807) is 7.11 Å². The number of fused-ring (bicyclic) bond motifs is 1. The number of hydrogen-bond acceptors (Lipinski definition) is 5. The van der Waals surface area contributed by atoms with Gasteiger partial charge in [0, 0.05) is 5.39 Å². The molecule has 0 fully saturated rings. The number of nitrogens with two attached hydrogens (primary N) is 1. The average molecular weight is 320 g/mol. The Morgan fingerprint density at radius 2 is 2.14 bits per heavy atom. The molecule has 2 aromatic heterocycles. The lowest BCUT2D eigenvalue weighted by Crippen LogP contribution is -2.16. The van der Waals surface area contributed by atoms with Crippen LogP contribution in [0.3, 0.4) is 0 Å². The number of ether oxygens (including phenoxy) is 2. The number of carbonyl (C=O) groups excluding carboxylic acids is 1. The fraction of sp³-hybridized carbons (Fsp3) is 0.0714. The number of H-pyrrole nitrogens is 1. The zero-order chi connectivity index (χ0) is 14.8. The van der Waals surface area contributed by atoms with Gasteiger partial charge < -0.3 is 20.2 Å². The number of para-hydroxylation sites is 1. The molecule has 0 atom stereocenters. The molecule has 108 valence electrons. The van der Waals surface area contributed by atoms with Crippen LogP contribution in [0.4, 0.5) is 4.79 Å². The Balaban J connectivity index is 2.05. The molecule has 3 rings (SSSR count). The van der Waals surface area contributed by atoms with E-state index in [-0.39, 0.29) is 0 Å². The summed E-state index contributed by atoms with van der Waals surface area (Å²) >= 11 is 3.00. The molecule has 21 heavy (non-hydrogen) atoms. The SMILES string of the molecule is COc1ccccc1Sc1c(OC(N)=O)[nH]c2sccc12. The molecule has 0 aliphatic rings. The van der Waals surface area contributed by atoms with Gasteiger partial charge in [-0.1, -0.05) is 23.9 Å². The van der Waals surface area contributed by atoms with Gasteiger partial charge in [-0.3, -0.25) is 0 Å². The highest BCUT2D eigenvalue weighted by Crippen LogP contribution is 2.44. The van der Waals surface area contributed by atoms with Gasteiger partial charge in [-0.15, -0.1) is 11.3 Å². The van der Waals surface area contributed by atoms with Gasteiger partial charge >= 0.3 is 6.09 Å². The molecule has 0 bridgehead atoms. The first-order chi connectivity index (χ1) is 10.2. The third-order valence-electron chi connectivity index (χ3n) is 2.83. The van der Waals surface area contributed by atoms with E-state index in [4.69, 9.17) is 15.2 Å². The van der Waals surface area contributed by atoms with Crippen molar-refractivity contribution in [2.45, 2.75) is 9.79 Å². The predicted molar refractivity (Wildman–Crippen MR) is 83.5 cm³/mol.